The highest BCUT2D eigenvalue weighted by Gasteiger charge is 2.19. The monoisotopic (exact) mass is 1010 g/mol. The average Bonchev–Trinajstić information content (AvgIpc) is 3.38. The number of ether oxygens (including phenoxy) is 3. The summed E-state index contributed by atoms with van der Waals surface area (Å²) in [5.74, 6) is -0.844. The lowest BCUT2D eigenvalue weighted by Crippen LogP contribution is -2.30. The van der Waals surface area contributed by atoms with Gasteiger partial charge >= 0.3 is 17.9 Å². The van der Waals surface area contributed by atoms with E-state index in [4.69, 9.17) is 14.2 Å². The molecule has 1 atom stereocenters. The van der Waals surface area contributed by atoms with Gasteiger partial charge in [0.1, 0.15) is 13.2 Å². The number of unbranched alkanes of at least 4 members (excludes halogenated alkanes) is 48. The first-order valence-corrected chi connectivity index (χ1v) is 32.7. The van der Waals surface area contributed by atoms with E-state index in [-0.39, 0.29) is 31.1 Å². The van der Waals surface area contributed by atoms with Crippen LogP contribution in [0, 0.1) is 0 Å². The normalized spacial score (nSPS) is 12.0. The zero-order valence-electron chi connectivity index (χ0n) is 49.0. The van der Waals surface area contributed by atoms with Crippen molar-refractivity contribution in [3.8, 4) is 0 Å². The molecule has 0 aromatic rings. The number of hydrogen-bond acceptors (Lipinski definition) is 6. The van der Waals surface area contributed by atoms with Gasteiger partial charge in [-0.3, -0.25) is 14.4 Å². The number of esters is 3. The van der Waals surface area contributed by atoms with Crippen molar-refractivity contribution in [1.29, 1.82) is 0 Å². The molecule has 0 aliphatic carbocycles. The Morgan fingerprint density at radius 2 is 0.458 bits per heavy atom. The Labute approximate surface area is 450 Å². The van der Waals surface area contributed by atoms with Gasteiger partial charge in [0, 0.05) is 19.3 Å². The fourth-order valence-corrected chi connectivity index (χ4v) is 10.1. The molecule has 1 unspecified atom stereocenters. The third-order valence-electron chi connectivity index (χ3n) is 15.0. The third-order valence-corrected chi connectivity index (χ3v) is 15.0. The van der Waals surface area contributed by atoms with E-state index in [1.54, 1.807) is 0 Å². The fourth-order valence-electron chi connectivity index (χ4n) is 10.1. The minimum absolute atomic E-state index is 0.0656. The van der Waals surface area contributed by atoms with E-state index < -0.39 is 6.10 Å². The first-order valence-electron chi connectivity index (χ1n) is 32.7. The molecule has 0 aromatic heterocycles. The van der Waals surface area contributed by atoms with Gasteiger partial charge in [-0.2, -0.15) is 0 Å². The van der Waals surface area contributed by atoms with Gasteiger partial charge in [0.15, 0.2) is 6.10 Å². The van der Waals surface area contributed by atoms with Crippen LogP contribution in [0.15, 0.2) is 12.2 Å². The van der Waals surface area contributed by atoms with Crippen molar-refractivity contribution in [2.24, 2.45) is 0 Å². The lowest BCUT2D eigenvalue weighted by atomic mass is 10.0. The second kappa shape index (κ2) is 61.7. The summed E-state index contributed by atoms with van der Waals surface area (Å²) in [6.45, 7) is 6.69. The van der Waals surface area contributed by atoms with Crippen molar-refractivity contribution in [3.05, 3.63) is 12.2 Å². The van der Waals surface area contributed by atoms with Crippen molar-refractivity contribution in [3.63, 3.8) is 0 Å². The van der Waals surface area contributed by atoms with E-state index in [1.807, 2.05) is 0 Å². The van der Waals surface area contributed by atoms with Gasteiger partial charge in [0.2, 0.25) is 0 Å². The second-order valence-corrected chi connectivity index (χ2v) is 22.4. The van der Waals surface area contributed by atoms with E-state index >= 15 is 0 Å². The molecule has 0 saturated heterocycles. The molecular formula is C66H126O6. The first-order chi connectivity index (χ1) is 35.5. The summed E-state index contributed by atoms with van der Waals surface area (Å²) >= 11 is 0. The maximum Gasteiger partial charge on any atom is 0.306 e. The average molecular weight is 1020 g/mol. The van der Waals surface area contributed by atoms with E-state index in [0.29, 0.717) is 19.3 Å². The summed E-state index contributed by atoms with van der Waals surface area (Å²) in [7, 11) is 0. The lowest BCUT2D eigenvalue weighted by Gasteiger charge is -2.18. The molecule has 6 heteroatoms. The standard InChI is InChI=1S/C66H126O6/c1-4-7-10-13-16-19-22-24-26-28-29-30-31-32-33-34-35-36-37-39-40-42-44-47-50-53-56-59-65(68)71-62-63(61-70-64(67)58-55-52-49-46-21-18-15-12-9-6-3)72-66(69)60-57-54-51-48-45-43-41-38-27-25-23-20-17-14-11-8-5-2/h25,27,63H,4-24,26,28-62H2,1-3H3/b27-25-. The van der Waals surface area contributed by atoms with Crippen molar-refractivity contribution in [2.45, 2.75) is 380 Å². The van der Waals surface area contributed by atoms with E-state index in [2.05, 4.69) is 32.9 Å². The van der Waals surface area contributed by atoms with E-state index in [1.165, 1.54) is 276 Å². The van der Waals surface area contributed by atoms with Gasteiger partial charge in [-0.1, -0.05) is 322 Å². The molecule has 0 saturated carbocycles. The predicted molar refractivity (Wildman–Crippen MR) is 312 cm³/mol. The van der Waals surface area contributed by atoms with Gasteiger partial charge in [-0.25, -0.2) is 0 Å². The molecular weight excluding hydrogens is 889 g/mol. The van der Waals surface area contributed by atoms with Gasteiger partial charge in [0.05, 0.1) is 0 Å². The molecule has 0 fully saturated rings. The molecule has 0 N–H and O–H groups in total. The summed E-state index contributed by atoms with van der Waals surface area (Å²) in [5.41, 5.74) is 0. The Morgan fingerprint density at radius 3 is 0.694 bits per heavy atom. The zero-order valence-corrected chi connectivity index (χ0v) is 49.0. The smallest absolute Gasteiger partial charge is 0.306 e. The molecule has 0 bridgehead atoms. The molecule has 0 radical (unpaired) electrons. The summed E-state index contributed by atoms with van der Waals surface area (Å²) in [6, 6.07) is 0. The Balaban J connectivity index is 4.12. The number of carbonyl (C=O) groups is 3. The molecule has 426 valence electrons. The quantitative estimate of drug-likeness (QED) is 0.0261. The number of rotatable bonds is 61. The van der Waals surface area contributed by atoms with Crippen LogP contribution in [-0.4, -0.2) is 37.2 Å². The van der Waals surface area contributed by atoms with Crippen molar-refractivity contribution in [1.82, 2.24) is 0 Å². The number of carbonyl (C=O) groups excluding carboxylic acids is 3. The molecule has 0 rings (SSSR count). The summed E-state index contributed by atoms with van der Waals surface area (Å²) in [4.78, 5) is 38.2. The molecule has 6 nitrogen and oxygen atoms in total. The highest BCUT2D eigenvalue weighted by atomic mass is 16.6. The maximum atomic E-state index is 12.9. The molecule has 72 heavy (non-hydrogen) atoms. The van der Waals surface area contributed by atoms with Crippen LogP contribution in [-0.2, 0) is 28.6 Å². The molecule has 0 aliphatic heterocycles. The van der Waals surface area contributed by atoms with Crippen LogP contribution in [0.25, 0.3) is 0 Å². The zero-order chi connectivity index (χ0) is 52.2. The highest BCUT2D eigenvalue weighted by Crippen LogP contribution is 2.18. The Morgan fingerprint density at radius 1 is 0.264 bits per heavy atom. The molecule has 0 aliphatic rings. The predicted octanol–water partition coefficient (Wildman–Crippen LogP) is 22.1. The van der Waals surface area contributed by atoms with E-state index in [0.717, 1.165) is 57.8 Å². The summed E-state index contributed by atoms with van der Waals surface area (Å²) in [5, 5.41) is 0. The van der Waals surface area contributed by atoms with Gasteiger partial charge in [-0.15, -0.1) is 0 Å². The Hall–Kier alpha value is -1.85. The molecule has 0 aromatic carbocycles. The Kier molecular flexibility index (Phi) is 60.1. The van der Waals surface area contributed by atoms with Crippen LogP contribution in [0.3, 0.4) is 0 Å². The fraction of sp³-hybridized carbons (Fsp3) is 0.924. The first kappa shape index (κ1) is 70.1. The van der Waals surface area contributed by atoms with Crippen LogP contribution < -0.4 is 0 Å². The van der Waals surface area contributed by atoms with Crippen molar-refractivity contribution in [2.75, 3.05) is 13.2 Å². The number of allylic oxidation sites excluding steroid dienone is 2. The number of hydrogen-bond donors (Lipinski definition) is 0. The summed E-state index contributed by atoms with van der Waals surface area (Å²) in [6.07, 6.45) is 72.4. The van der Waals surface area contributed by atoms with Gasteiger partial charge < -0.3 is 14.2 Å². The minimum Gasteiger partial charge on any atom is -0.462 e. The maximum absolute atomic E-state index is 12.9. The van der Waals surface area contributed by atoms with E-state index in [9.17, 15) is 14.4 Å². The second-order valence-electron chi connectivity index (χ2n) is 22.4. The van der Waals surface area contributed by atoms with Crippen molar-refractivity contribution >= 4 is 17.9 Å². The van der Waals surface area contributed by atoms with Crippen LogP contribution in [0.5, 0.6) is 0 Å². The van der Waals surface area contributed by atoms with Crippen LogP contribution in [0.1, 0.15) is 374 Å². The van der Waals surface area contributed by atoms with Crippen LogP contribution in [0.2, 0.25) is 0 Å². The minimum atomic E-state index is -0.767. The third kappa shape index (κ3) is 59.0. The lowest BCUT2D eigenvalue weighted by molar-refractivity contribution is -0.167. The highest BCUT2D eigenvalue weighted by molar-refractivity contribution is 5.71. The van der Waals surface area contributed by atoms with Crippen LogP contribution in [0.4, 0.5) is 0 Å². The Bertz CT molecular complexity index is 1120. The van der Waals surface area contributed by atoms with Gasteiger partial charge in [-0.05, 0) is 44.9 Å². The SMILES string of the molecule is CCCCCCCC/C=C\CCCCCCCCCC(=O)OC(COC(=O)CCCCCCCCCCCC)COC(=O)CCCCCCCCCCCCCCCCCCCCCCCCCCCCC. The molecule has 0 spiro atoms. The largest absolute Gasteiger partial charge is 0.462 e. The summed E-state index contributed by atoms with van der Waals surface area (Å²) < 4.78 is 16.9. The topological polar surface area (TPSA) is 78.9 Å². The molecule has 0 heterocycles. The molecule has 0 amide bonds. The van der Waals surface area contributed by atoms with Crippen molar-refractivity contribution < 1.29 is 28.6 Å². The van der Waals surface area contributed by atoms with Gasteiger partial charge in [0.25, 0.3) is 0 Å². The van der Waals surface area contributed by atoms with Crippen LogP contribution >= 0.6 is 0 Å².